The van der Waals surface area contributed by atoms with Gasteiger partial charge in [0.15, 0.2) is 0 Å². The second kappa shape index (κ2) is 7.97. The van der Waals surface area contributed by atoms with Crippen molar-refractivity contribution in [2.75, 3.05) is 6.54 Å². The molecule has 2 aromatic rings. The number of aryl methyl sites for hydroxylation is 2. The van der Waals surface area contributed by atoms with Gasteiger partial charge < -0.3 is 10.8 Å². The van der Waals surface area contributed by atoms with Crippen molar-refractivity contribution in [1.82, 2.24) is 0 Å². The molecule has 0 atom stereocenters. The van der Waals surface area contributed by atoms with E-state index in [1.165, 1.54) is 0 Å². The summed E-state index contributed by atoms with van der Waals surface area (Å²) in [6.45, 7) is 4.25. The number of hydrogen-bond donors (Lipinski definition) is 2. The molecule has 0 heterocycles. The SMILES string of the molecule is Cc1ccc(C(=NCCCC(N)=O)c2cc(Cl)cc(C)c2O)cc1. The number of amides is 1. The van der Waals surface area contributed by atoms with Crippen molar-refractivity contribution >= 4 is 23.2 Å². The molecule has 2 aromatic carbocycles. The Morgan fingerprint density at radius 2 is 1.88 bits per heavy atom. The van der Waals surface area contributed by atoms with Gasteiger partial charge in [0.25, 0.3) is 0 Å². The summed E-state index contributed by atoms with van der Waals surface area (Å²) in [4.78, 5) is 15.5. The summed E-state index contributed by atoms with van der Waals surface area (Å²) in [5.41, 5.74) is 9.12. The van der Waals surface area contributed by atoms with E-state index in [0.29, 0.717) is 34.8 Å². The van der Waals surface area contributed by atoms with Crippen molar-refractivity contribution in [3.05, 3.63) is 63.7 Å². The average molecular weight is 345 g/mol. The molecule has 0 bridgehead atoms. The third-order valence-corrected chi connectivity index (χ3v) is 3.91. The van der Waals surface area contributed by atoms with Gasteiger partial charge in [-0.05, 0) is 38.0 Å². The fourth-order valence-corrected chi connectivity index (χ4v) is 2.68. The smallest absolute Gasteiger partial charge is 0.217 e. The molecule has 0 aliphatic rings. The summed E-state index contributed by atoms with van der Waals surface area (Å²) < 4.78 is 0. The van der Waals surface area contributed by atoms with Crippen molar-refractivity contribution in [3.63, 3.8) is 0 Å². The van der Waals surface area contributed by atoms with Crippen LogP contribution in [0.2, 0.25) is 5.02 Å². The maximum atomic E-state index is 10.9. The Hall–Kier alpha value is -2.33. The number of carbonyl (C=O) groups excluding carboxylic acids is 1. The van der Waals surface area contributed by atoms with Gasteiger partial charge >= 0.3 is 0 Å². The van der Waals surface area contributed by atoms with Gasteiger partial charge in [-0.25, -0.2) is 0 Å². The van der Waals surface area contributed by atoms with E-state index in [0.717, 1.165) is 11.1 Å². The molecule has 0 aliphatic carbocycles. The molecule has 0 saturated carbocycles. The monoisotopic (exact) mass is 344 g/mol. The van der Waals surface area contributed by atoms with E-state index in [2.05, 4.69) is 4.99 Å². The Morgan fingerprint density at radius 1 is 1.21 bits per heavy atom. The minimum absolute atomic E-state index is 0.161. The molecule has 0 saturated heterocycles. The van der Waals surface area contributed by atoms with Crippen LogP contribution in [-0.4, -0.2) is 23.3 Å². The number of phenols is 1. The molecule has 0 aromatic heterocycles. The molecule has 0 spiro atoms. The summed E-state index contributed by atoms with van der Waals surface area (Å²) in [6, 6.07) is 11.3. The number of hydrogen-bond acceptors (Lipinski definition) is 3. The van der Waals surface area contributed by atoms with Gasteiger partial charge in [0, 0.05) is 29.1 Å². The highest BCUT2D eigenvalue weighted by molar-refractivity contribution is 6.31. The number of carbonyl (C=O) groups is 1. The van der Waals surface area contributed by atoms with Crippen molar-refractivity contribution in [2.24, 2.45) is 10.7 Å². The minimum atomic E-state index is -0.344. The van der Waals surface area contributed by atoms with Crippen LogP contribution in [0.1, 0.15) is 35.1 Å². The van der Waals surface area contributed by atoms with Crippen LogP contribution in [0, 0.1) is 13.8 Å². The normalized spacial score (nSPS) is 11.5. The van der Waals surface area contributed by atoms with E-state index in [9.17, 15) is 9.90 Å². The highest BCUT2D eigenvalue weighted by atomic mass is 35.5. The van der Waals surface area contributed by atoms with Crippen molar-refractivity contribution < 1.29 is 9.90 Å². The third-order valence-electron chi connectivity index (χ3n) is 3.70. The quantitative estimate of drug-likeness (QED) is 0.618. The van der Waals surface area contributed by atoms with E-state index in [1.54, 1.807) is 19.1 Å². The van der Waals surface area contributed by atoms with Gasteiger partial charge in [0.2, 0.25) is 5.91 Å². The summed E-state index contributed by atoms with van der Waals surface area (Å²) in [7, 11) is 0. The predicted molar refractivity (Wildman–Crippen MR) is 98.0 cm³/mol. The van der Waals surface area contributed by atoms with Crippen LogP contribution >= 0.6 is 11.6 Å². The molecule has 24 heavy (non-hydrogen) atoms. The number of nitrogens with two attached hydrogens (primary N) is 1. The molecule has 3 N–H and O–H groups in total. The first-order valence-corrected chi connectivity index (χ1v) is 8.15. The zero-order valence-electron chi connectivity index (χ0n) is 13.8. The molecule has 126 valence electrons. The molecule has 0 unspecified atom stereocenters. The number of aliphatic imine (C=N–C) groups is 1. The molecular formula is C19H21ClN2O2. The molecular weight excluding hydrogens is 324 g/mol. The first-order chi connectivity index (χ1) is 11.4. The standard InChI is InChI=1S/C19H21ClN2O2/c1-12-5-7-14(8-6-12)18(22-9-3-4-17(21)23)16-11-15(20)10-13(2)19(16)24/h5-8,10-11,24H,3-4,9H2,1-2H3,(H2,21,23). The number of primary amides is 1. The minimum Gasteiger partial charge on any atom is -0.507 e. The fraction of sp³-hybridized carbons (Fsp3) is 0.263. The summed E-state index contributed by atoms with van der Waals surface area (Å²) in [5, 5.41) is 11.0. The maximum Gasteiger partial charge on any atom is 0.217 e. The molecule has 4 nitrogen and oxygen atoms in total. The van der Waals surface area contributed by atoms with Crippen molar-refractivity contribution in [1.29, 1.82) is 0 Å². The van der Waals surface area contributed by atoms with E-state index in [4.69, 9.17) is 17.3 Å². The Kier molecular flexibility index (Phi) is 5.99. The molecule has 1 amide bonds. The van der Waals surface area contributed by atoms with Crippen LogP contribution in [0.4, 0.5) is 0 Å². The highest BCUT2D eigenvalue weighted by Gasteiger charge is 2.14. The lowest BCUT2D eigenvalue weighted by Gasteiger charge is -2.12. The number of phenolic OH excluding ortho intramolecular Hbond substituents is 1. The molecule has 0 fully saturated rings. The first kappa shape index (κ1) is 18.0. The Bertz CT molecular complexity index is 768. The van der Waals surface area contributed by atoms with Crippen LogP contribution < -0.4 is 5.73 Å². The topological polar surface area (TPSA) is 75.7 Å². The Morgan fingerprint density at radius 3 is 2.50 bits per heavy atom. The van der Waals surface area contributed by atoms with Gasteiger partial charge in [-0.1, -0.05) is 41.4 Å². The summed E-state index contributed by atoms with van der Waals surface area (Å²) >= 11 is 6.15. The van der Waals surface area contributed by atoms with Gasteiger partial charge in [-0.2, -0.15) is 0 Å². The van der Waals surface area contributed by atoms with Gasteiger partial charge in [-0.15, -0.1) is 0 Å². The van der Waals surface area contributed by atoms with E-state index >= 15 is 0 Å². The number of nitrogens with zero attached hydrogens (tertiary/aromatic N) is 1. The van der Waals surface area contributed by atoms with Crippen molar-refractivity contribution in [3.8, 4) is 5.75 Å². The highest BCUT2D eigenvalue weighted by Crippen LogP contribution is 2.29. The summed E-state index contributed by atoms with van der Waals surface area (Å²) in [6.07, 6.45) is 0.843. The van der Waals surface area contributed by atoms with Crippen LogP contribution in [0.15, 0.2) is 41.4 Å². The van der Waals surface area contributed by atoms with Crippen molar-refractivity contribution in [2.45, 2.75) is 26.7 Å². The van der Waals surface area contributed by atoms with E-state index < -0.39 is 0 Å². The largest absolute Gasteiger partial charge is 0.507 e. The molecule has 2 rings (SSSR count). The zero-order chi connectivity index (χ0) is 17.7. The number of halogens is 1. The average Bonchev–Trinajstić information content (AvgIpc) is 2.52. The number of aromatic hydroxyl groups is 1. The second-order valence-electron chi connectivity index (χ2n) is 5.79. The lowest BCUT2D eigenvalue weighted by atomic mass is 9.98. The summed E-state index contributed by atoms with van der Waals surface area (Å²) in [5.74, 6) is -0.183. The first-order valence-electron chi connectivity index (χ1n) is 7.77. The number of rotatable bonds is 6. The van der Waals surface area contributed by atoms with Gasteiger partial charge in [0.1, 0.15) is 5.75 Å². The van der Waals surface area contributed by atoms with E-state index in [1.807, 2.05) is 31.2 Å². The third kappa shape index (κ3) is 4.59. The zero-order valence-corrected chi connectivity index (χ0v) is 14.6. The molecule has 0 aliphatic heterocycles. The Labute approximate surface area is 147 Å². The fourth-order valence-electron chi connectivity index (χ4n) is 2.40. The lowest BCUT2D eigenvalue weighted by Crippen LogP contribution is -2.11. The van der Waals surface area contributed by atoms with Crippen LogP contribution in [-0.2, 0) is 4.79 Å². The van der Waals surface area contributed by atoms with Crippen LogP contribution in [0.3, 0.4) is 0 Å². The van der Waals surface area contributed by atoms with Gasteiger partial charge in [0.05, 0.1) is 5.71 Å². The number of benzene rings is 2. The van der Waals surface area contributed by atoms with E-state index in [-0.39, 0.29) is 18.1 Å². The molecule has 0 radical (unpaired) electrons. The van der Waals surface area contributed by atoms with Gasteiger partial charge in [-0.3, -0.25) is 9.79 Å². The van der Waals surface area contributed by atoms with Crippen LogP contribution in [0.5, 0.6) is 5.75 Å². The lowest BCUT2D eigenvalue weighted by molar-refractivity contribution is -0.118. The Balaban J connectivity index is 2.45. The van der Waals surface area contributed by atoms with Crippen LogP contribution in [0.25, 0.3) is 0 Å². The second-order valence-corrected chi connectivity index (χ2v) is 6.22. The maximum absolute atomic E-state index is 10.9. The molecule has 5 heteroatoms. The predicted octanol–water partition coefficient (Wildman–Crippen LogP) is 3.77.